The minimum atomic E-state index is -0.563. The second kappa shape index (κ2) is 3.07. The molecule has 0 bridgehead atoms. The fourth-order valence-electron chi connectivity index (χ4n) is 0.447. The molecule has 1 aromatic rings. The van der Waals surface area contributed by atoms with Gasteiger partial charge in [-0.25, -0.2) is 9.97 Å². The third-order valence-electron chi connectivity index (χ3n) is 0.875. The van der Waals surface area contributed by atoms with Gasteiger partial charge in [-0.15, -0.1) is 0 Å². The lowest BCUT2D eigenvalue weighted by molar-refractivity contribution is 0.108. The van der Waals surface area contributed by atoms with Crippen LogP contribution in [-0.2, 0) is 0 Å². The van der Waals surface area contributed by atoms with E-state index in [1.165, 1.54) is 12.5 Å². The summed E-state index contributed by atoms with van der Waals surface area (Å²) in [5.41, 5.74) is 0.282. The third kappa shape index (κ3) is 1.52. The Labute approximate surface area is 70.6 Å². The maximum absolute atomic E-state index is 10.5. The Morgan fingerprint density at radius 3 is 2.80 bits per heavy atom. The summed E-state index contributed by atoms with van der Waals surface area (Å²) in [6, 6.07) is 0. The van der Waals surface area contributed by atoms with E-state index in [1.807, 2.05) is 0 Å². The quantitative estimate of drug-likeness (QED) is 0.534. The van der Waals surface area contributed by atoms with E-state index in [-0.39, 0.29) is 5.56 Å². The van der Waals surface area contributed by atoms with Crippen molar-refractivity contribution in [2.45, 2.75) is 0 Å². The zero-order valence-electron chi connectivity index (χ0n) is 4.71. The fraction of sp³-hybridized carbons (Fsp3) is 0. The molecule has 0 saturated heterocycles. The number of halogens is 2. The Bertz CT molecular complexity index is 266. The smallest absolute Gasteiger partial charge is 0.256 e. The summed E-state index contributed by atoms with van der Waals surface area (Å²) in [5.74, 6) is 0. The summed E-state index contributed by atoms with van der Waals surface area (Å²) in [6.07, 6.45) is 2.68. The fourth-order valence-corrected chi connectivity index (χ4v) is 1.07. The van der Waals surface area contributed by atoms with Gasteiger partial charge in [0.2, 0.25) is 0 Å². The van der Waals surface area contributed by atoms with Gasteiger partial charge >= 0.3 is 0 Å². The zero-order chi connectivity index (χ0) is 7.56. The molecule has 1 rings (SSSR count). The van der Waals surface area contributed by atoms with Crippen LogP contribution in [0.15, 0.2) is 17.1 Å². The molecule has 5 heteroatoms. The molecule has 0 aromatic carbocycles. The predicted molar refractivity (Wildman–Crippen MR) is 39.9 cm³/mol. The average Bonchev–Trinajstić information content (AvgIpc) is 1.88. The standard InChI is InChI=1S/C5H2BrClN2O/c6-4-3(5(7)10)1-8-2-9-4/h1-2H. The summed E-state index contributed by atoms with van der Waals surface area (Å²) >= 11 is 8.20. The van der Waals surface area contributed by atoms with Crippen molar-refractivity contribution in [1.82, 2.24) is 9.97 Å². The Kier molecular flexibility index (Phi) is 2.34. The molecular weight excluding hydrogens is 219 g/mol. The number of carbonyl (C=O) groups is 1. The van der Waals surface area contributed by atoms with E-state index in [1.54, 1.807) is 0 Å². The van der Waals surface area contributed by atoms with Crippen molar-refractivity contribution in [3.05, 3.63) is 22.7 Å². The largest absolute Gasteiger partial charge is 0.275 e. The minimum absolute atomic E-state index is 0.282. The van der Waals surface area contributed by atoms with Gasteiger partial charge in [0, 0.05) is 6.20 Å². The highest BCUT2D eigenvalue weighted by molar-refractivity contribution is 9.10. The number of aromatic nitrogens is 2. The van der Waals surface area contributed by atoms with E-state index in [0.717, 1.165) is 0 Å². The Morgan fingerprint density at radius 1 is 1.70 bits per heavy atom. The van der Waals surface area contributed by atoms with Crippen molar-refractivity contribution >= 4 is 32.8 Å². The van der Waals surface area contributed by atoms with Gasteiger partial charge in [-0.2, -0.15) is 0 Å². The van der Waals surface area contributed by atoms with Crippen LogP contribution in [-0.4, -0.2) is 15.2 Å². The van der Waals surface area contributed by atoms with Gasteiger partial charge in [-0.3, -0.25) is 4.79 Å². The molecule has 3 nitrogen and oxygen atoms in total. The molecule has 52 valence electrons. The van der Waals surface area contributed by atoms with E-state index in [9.17, 15) is 4.79 Å². The topological polar surface area (TPSA) is 42.9 Å². The van der Waals surface area contributed by atoms with Crippen molar-refractivity contribution in [2.24, 2.45) is 0 Å². The van der Waals surface area contributed by atoms with E-state index in [4.69, 9.17) is 11.6 Å². The molecule has 0 spiro atoms. The molecular formula is C5H2BrClN2O. The predicted octanol–water partition coefficient (Wildman–Crippen LogP) is 1.62. The molecule has 0 aliphatic carbocycles. The second-order valence-corrected chi connectivity index (χ2v) is 2.60. The first kappa shape index (κ1) is 7.63. The van der Waals surface area contributed by atoms with Crippen LogP contribution in [0, 0.1) is 0 Å². The number of hydrogen-bond acceptors (Lipinski definition) is 3. The molecule has 1 heterocycles. The third-order valence-corrected chi connectivity index (χ3v) is 1.71. The summed E-state index contributed by atoms with van der Waals surface area (Å²) in [7, 11) is 0. The molecule has 0 aliphatic rings. The molecule has 0 unspecified atom stereocenters. The molecule has 0 N–H and O–H groups in total. The van der Waals surface area contributed by atoms with E-state index < -0.39 is 5.24 Å². The second-order valence-electron chi connectivity index (χ2n) is 1.50. The highest BCUT2D eigenvalue weighted by Gasteiger charge is 2.06. The average molecular weight is 221 g/mol. The Balaban J connectivity index is 3.15. The highest BCUT2D eigenvalue weighted by atomic mass is 79.9. The van der Waals surface area contributed by atoms with Crippen LogP contribution >= 0.6 is 27.5 Å². The summed E-state index contributed by atoms with van der Waals surface area (Å²) in [4.78, 5) is 17.8. The van der Waals surface area contributed by atoms with E-state index >= 15 is 0 Å². The first-order chi connectivity index (χ1) is 4.72. The van der Waals surface area contributed by atoms with Crippen molar-refractivity contribution in [3.63, 3.8) is 0 Å². The summed E-state index contributed by atoms with van der Waals surface area (Å²) in [5, 5.41) is -0.563. The van der Waals surface area contributed by atoms with Gasteiger partial charge in [0.25, 0.3) is 5.24 Å². The molecule has 0 saturated carbocycles. The number of hydrogen-bond donors (Lipinski definition) is 0. The van der Waals surface area contributed by atoms with Crippen LogP contribution in [0.2, 0.25) is 0 Å². The zero-order valence-corrected chi connectivity index (χ0v) is 7.06. The monoisotopic (exact) mass is 220 g/mol. The van der Waals surface area contributed by atoms with Crippen molar-refractivity contribution in [1.29, 1.82) is 0 Å². The number of carbonyl (C=O) groups excluding carboxylic acids is 1. The maximum atomic E-state index is 10.5. The van der Waals surface area contributed by atoms with Crippen LogP contribution < -0.4 is 0 Å². The lowest BCUT2D eigenvalue weighted by Gasteiger charge is -1.92. The molecule has 0 radical (unpaired) electrons. The van der Waals surface area contributed by atoms with Crippen LogP contribution in [0.5, 0.6) is 0 Å². The molecule has 0 aliphatic heterocycles. The van der Waals surface area contributed by atoms with Crippen molar-refractivity contribution < 1.29 is 4.79 Å². The molecule has 10 heavy (non-hydrogen) atoms. The SMILES string of the molecule is O=C(Cl)c1cncnc1Br. The van der Waals surface area contributed by atoms with Crippen molar-refractivity contribution in [2.75, 3.05) is 0 Å². The van der Waals surface area contributed by atoms with Crippen LogP contribution in [0.1, 0.15) is 10.4 Å². The highest BCUT2D eigenvalue weighted by Crippen LogP contribution is 2.12. The molecule has 1 aromatic heterocycles. The van der Waals surface area contributed by atoms with Crippen LogP contribution in [0.3, 0.4) is 0 Å². The lowest BCUT2D eigenvalue weighted by Crippen LogP contribution is -1.93. The summed E-state index contributed by atoms with van der Waals surface area (Å²) < 4.78 is 0.419. The van der Waals surface area contributed by atoms with Gasteiger partial charge in [0.05, 0.1) is 5.56 Å². The Hall–Kier alpha value is -0.480. The van der Waals surface area contributed by atoms with E-state index in [2.05, 4.69) is 25.9 Å². The first-order valence-electron chi connectivity index (χ1n) is 2.37. The van der Waals surface area contributed by atoms with Crippen LogP contribution in [0.25, 0.3) is 0 Å². The van der Waals surface area contributed by atoms with Crippen molar-refractivity contribution in [3.8, 4) is 0 Å². The molecule has 0 fully saturated rings. The lowest BCUT2D eigenvalue weighted by atomic mass is 10.4. The van der Waals surface area contributed by atoms with Crippen LogP contribution in [0.4, 0.5) is 0 Å². The number of rotatable bonds is 1. The minimum Gasteiger partial charge on any atom is -0.275 e. The van der Waals surface area contributed by atoms with E-state index in [0.29, 0.717) is 4.60 Å². The maximum Gasteiger partial charge on any atom is 0.256 e. The Morgan fingerprint density at radius 2 is 2.40 bits per heavy atom. The molecule has 0 atom stereocenters. The van der Waals surface area contributed by atoms with Gasteiger partial charge in [-0.05, 0) is 27.5 Å². The molecule has 0 amide bonds. The van der Waals surface area contributed by atoms with Gasteiger partial charge in [0.1, 0.15) is 10.9 Å². The number of nitrogens with zero attached hydrogens (tertiary/aromatic N) is 2. The normalized spacial score (nSPS) is 9.40. The first-order valence-corrected chi connectivity index (χ1v) is 3.54. The van der Waals surface area contributed by atoms with Gasteiger partial charge in [0.15, 0.2) is 0 Å². The van der Waals surface area contributed by atoms with Gasteiger partial charge in [-0.1, -0.05) is 0 Å². The summed E-state index contributed by atoms with van der Waals surface area (Å²) in [6.45, 7) is 0. The van der Waals surface area contributed by atoms with Gasteiger partial charge < -0.3 is 0 Å².